The third-order valence-corrected chi connectivity index (χ3v) is 3.13. The highest BCUT2D eigenvalue weighted by Gasteiger charge is 2.25. The molecule has 18 heavy (non-hydrogen) atoms. The van der Waals surface area contributed by atoms with E-state index < -0.39 is 0 Å². The predicted molar refractivity (Wildman–Crippen MR) is 72.9 cm³/mol. The molecule has 5 heteroatoms. The number of aromatic nitrogens is 2. The third-order valence-electron chi connectivity index (χ3n) is 3.13. The highest BCUT2D eigenvalue weighted by molar-refractivity contribution is 5.51. The van der Waals surface area contributed by atoms with Crippen molar-refractivity contribution in [2.75, 3.05) is 29.9 Å². The van der Waals surface area contributed by atoms with Crippen molar-refractivity contribution in [1.82, 2.24) is 9.97 Å². The molecule has 2 heterocycles. The number of anilines is 2. The van der Waals surface area contributed by atoms with Crippen LogP contribution in [0.1, 0.15) is 18.7 Å². The number of aryl methyl sites for hydroxylation is 1. The number of aliphatic hydroxyl groups is 1. The summed E-state index contributed by atoms with van der Waals surface area (Å²) in [5.74, 6) is 2.44. The van der Waals surface area contributed by atoms with Gasteiger partial charge in [0, 0.05) is 19.2 Å². The van der Waals surface area contributed by atoms with Crippen LogP contribution in [-0.4, -0.2) is 40.8 Å². The lowest BCUT2D eigenvalue weighted by atomic mass is 10.2. The van der Waals surface area contributed by atoms with E-state index in [2.05, 4.69) is 26.8 Å². The van der Waals surface area contributed by atoms with Crippen molar-refractivity contribution in [3.05, 3.63) is 24.5 Å². The maximum absolute atomic E-state index is 9.36. The first-order chi connectivity index (χ1) is 8.74. The van der Waals surface area contributed by atoms with Gasteiger partial charge in [-0.15, -0.1) is 6.58 Å². The largest absolute Gasteiger partial charge is 0.394 e. The maximum atomic E-state index is 9.36. The van der Waals surface area contributed by atoms with Crippen molar-refractivity contribution in [2.24, 2.45) is 0 Å². The van der Waals surface area contributed by atoms with Gasteiger partial charge in [-0.1, -0.05) is 6.08 Å². The summed E-state index contributed by atoms with van der Waals surface area (Å²) in [6, 6.07) is 2.12. The van der Waals surface area contributed by atoms with Gasteiger partial charge in [0.05, 0.1) is 12.6 Å². The fourth-order valence-corrected chi connectivity index (χ4v) is 2.29. The minimum Gasteiger partial charge on any atom is -0.394 e. The van der Waals surface area contributed by atoms with E-state index in [4.69, 9.17) is 0 Å². The molecule has 2 N–H and O–H groups in total. The molecule has 0 spiro atoms. The molecule has 0 radical (unpaired) electrons. The average molecular weight is 248 g/mol. The van der Waals surface area contributed by atoms with Crippen LogP contribution in [0.2, 0.25) is 0 Å². The number of hydrogen-bond acceptors (Lipinski definition) is 5. The second-order valence-electron chi connectivity index (χ2n) is 4.50. The molecule has 1 aromatic rings. The zero-order valence-corrected chi connectivity index (χ0v) is 10.8. The zero-order chi connectivity index (χ0) is 13.0. The Kier molecular flexibility index (Phi) is 4.15. The summed E-state index contributed by atoms with van der Waals surface area (Å²) in [6.07, 6.45) is 3.92. The Morgan fingerprint density at radius 2 is 2.44 bits per heavy atom. The Morgan fingerprint density at radius 1 is 1.61 bits per heavy atom. The van der Waals surface area contributed by atoms with Gasteiger partial charge in [0.25, 0.3) is 0 Å². The molecule has 0 amide bonds. The van der Waals surface area contributed by atoms with Crippen molar-refractivity contribution >= 4 is 11.6 Å². The van der Waals surface area contributed by atoms with Gasteiger partial charge < -0.3 is 15.3 Å². The first-order valence-electron chi connectivity index (χ1n) is 6.32. The minimum absolute atomic E-state index is 0.179. The molecule has 1 aliphatic heterocycles. The van der Waals surface area contributed by atoms with E-state index in [-0.39, 0.29) is 12.6 Å². The highest BCUT2D eigenvalue weighted by atomic mass is 16.3. The number of nitrogens with one attached hydrogen (secondary N) is 1. The van der Waals surface area contributed by atoms with Gasteiger partial charge in [-0.3, -0.25) is 0 Å². The van der Waals surface area contributed by atoms with E-state index in [1.807, 2.05) is 13.0 Å². The maximum Gasteiger partial charge on any atom is 0.134 e. The summed E-state index contributed by atoms with van der Waals surface area (Å²) in [5, 5.41) is 12.5. The van der Waals surface area contributed by atoms with Crippen molar-refractivity contribution in [2.45, 2.75) is 25.8 Å². The molecular formula is C13H20N4O. The molecule has 1 unspecified atom stereocenters. The van der Waals surface area contributed by atoms with Crippen LogP contribution in [0.4, 0.5) is 11.6 Å². The molecule has 0 aliphatic carbocycles. The first kappa shape index (κ1) is 12.8. The van der Waals surface area contributed by atoms with Crippen LogP contribution in [0.5, 0.6) is 0 Å². The zero-order valence-electron chi connectivity index (χ0n) is 10.8. The molecule has 0 aromatic carbocycles. The lowest BCUT2D eigenvalue weighted by Crippen LogP contribution is -2.33. The molecule has 1 saturated heterocycles. The SMILES string of the molecule is C=CCNc1cc(N2CCCC2CO)nc(C)n1. The van der Waals surface area contributed by atoms with E-state index in [0.29, 0.717) is 6.54 Å². The van der Waals surface area contributed by atoms with E-state index in [1.165, 1.54) is 0 Å². The fraction of sp³-hybridized carbons (Fsp3) is 0.538. The van der Waals surface area contributed by atoms with Gasteiger partial charge in [0.15, 0.2) is 0 Å². The number of aliphatic hydroxyl groups excluding tert-OH is 1. The molecule has 1 aliphatic rings. The molecular weight excluding hydrogens is 228 g/mol. The second-order valence-corrected chi connectivity index (χ2v) is 4.50. The lowest BCUT2D eigenvalue weighted by Gasteiger charge is -2.24. The van der Waals surface area contributed by atoms with Gasteiger partial charge in [-0.2, -0.15) is 0 Å². The number of nitrogens with zero attached hydrogens (tertiary/aromatic N) is 3. The molecule has 1 fully saturated rings. The van der Waals surface area contributed by atoms with Crippen LogP contribution in [0.3, 0.4) is 0 Å². The summed E-state index contributed by atoms with van der Waals surface area (Å²) >= 11 is 0. The Hall–Kier alpha value is -1.62. The van der Waals surface area contributed by atoms with Crippen LogP contribution in [0.15, 0.2) is 18.7 Å². The van der Waals surface area contributed by atoms with Crippen LogP contribution >= 0.6 is 0 Å². The molecule has 0 saturated carbocycles. The average Bonchev–Trinajstić information content (AvgIpc) is 2.84. The Morgan fingerprint density at radius 3 is 3.17 bits per heavy atom. The third kappa shape index (κ3) is 2.79. The van der Waals surface area contributed by atoms with E-state index in [0.717, 1.165) is 36.8 Å². The Labute approximate surface area is 108 Å². The van der Waals surface area contributed by atoms with Crippen LogP contribution in [-0.2, 0) is 0 Å². The summed E-state index contributed by atoms with van der Waals surface area (Å²) in [4.78, 5) is 11.0. The Balaban J connectivity index is 2.21. The molecule has 1 aromatic heterocycles. The van der Waals surface area contributed by atoms with Crippen molar-refractivity contribution in [1.29, 1.82) is 0 Å². The monoisotopic (exact) mass is 248 g/mol. The van der Waals surface area contributed by atoms with E-state index in [9.17, 15) is 5.11 Å². The van der Waals surface area contributed by atoms with Crippen molar-refractivity contribution in [3.63, 3.8) is 0 Å². The molecule has 5 nitrogen and oxygen atoms in total. The molecule has 98 valence electrons. The van der Waals surface area contributed by atoms with Gasteiger partial charge >= 0.3 is 0 Å². The van der Waals surface area contributed by atoms with Gasteiger partial charge in [0.2, 0.25) is 0 Å². The standard InChI is InChI=1S/C13H20N4O/c1-3-6-14-12-8-13(16-10(2)15-12)17-7-4-5-11(17)9-18/h3,8,11,18H,1,4-7,9H2,2H3,(H,14,15,16). The minimum atomic E-state index is 0.179. The normalized spacial score (nSPS) is 19.0. The summed E-state index contributed by atoms with van der Waals surface area (Å²) in [5.41, 5.74) is 0. The van der Waals surface area contributed by atoms with Gasteiger partial charge in [-0.25, -0.2) is 9.97 Å². The Bertz CT molecular complexity index is 421. The summed E-state index contributed by atoms with van der Waals surface area (Å²) in [7, 11) is 0. The van der Waals surface area contributed by atoms with Crippen LogP contribution < -0.4 is 10.2 Å². The van der Waals surface area contributed by atoms with Crippen LogP contribution in [0, 0.1) is 6.92 Å². The quantitative estimate of drug-likeness (QED) is 0.770. The molecule has 1 atom stereocenters. The predicted octanol–water partition coefficient (Wildman–Crippen LogP) is 1.34. The van der Waals surface area contributed by atoms with E-state index >= 15 is 0 Å². The van der Waals surface area contributed by atoms with Crippen molar-refractivity contribution < 1.29 is 5.11 Å². The fourth-order valence-electron chi connectivity index (χ4n) is 2.29. The highest BCUT2D eigenvalue weighted by Crippen LogP contribution is 2.25. The summed E-state index contributed by atoms with van der Waals surface area (Å²) < 4.78 is 0. The number of rotatable bonds is 5. The van der Waals surface area contributed by atoms with Crippen molar-refractivity contribution in [3.8, 4) is 0 Å². The summed E-state index contributed by atoms with van der Waals surface area (Å²) in [6.45, 7) is 7.36. The van der Waals surface area contributed by atoms with Gasteiger partial charge in [-0.05, 0) is 19.8 Å². The van der Waals surface area contributed by atoms with Gasteiger partial charge in [0.1, 0.15) is 17.5 Å². The number of hydrogen-bond donors (Lipinski definition) is 2. The lowest BCUT2D eigenvalue weighted by molar-refractivity contribution is 0.266. The topological polar surface area (TPSA) is 61.3 Å². The smallest absolute Gasteiger partial charge is 0.134 e. The molecule has 0 bridgehead atoms. The first-order valence-corrected chi connectivity index (χ1v) is 6.32. The second kappa shape index (κ2) is 5.82. The molecule has 2 rings (SSSR count). The van der Waals surface area contributed by atoms with E-state index in [1.54, 1.807) is 6.08 Å². The van der Waals surface area contributed by atoms with Crippen LogP contribution in [0.25, 0.3) is 0 Å².